The lowest BCUT2D eigenvalue weighted by atomic mass is 10.1. The van der Waals surface area contributed by atoms with Gasteiger partial charge >= 0.3 is 5.97 Å². The van der Waals surface area contributed by atoms with Crippen molar-refractivity contribution >= 4 is 39.2 Å². The third-order valence-corrected chi connectivity index (χ3v) is 5.17. The lowest BCUT2D eigenvalue weighted by Crippen LogP contribution is -2.18. The fourth-order valence-corrected chi connectivity index (χ4v) is 3.66. The van der Waals surface area contributed by atoms with E-state index in [1.165, 1.54) is 6.20 Å². The molecule has 0 fully saturated rings. The van der Waals surface area contributed by atoms with Crippen LogP contribution in [0.5, 0.6) is 0 Å². The molecule has 6 heteroatoms. The average Bonchev–Trinajstić information content (AvgIpc) is 2.81. The van der Waals surface area contributed by atoms with Crippen molar-refractivity contribution < 1.29 is 19.4 Å². The van der Waals surface area contributed by atoms with E-state index in [1.807, 2.05) is 53.1 Å². The van der Waals surface area contributed by atoms with Crippen LogP contribution >= 0.6 is 0 Å². The van der Waals surface area contributed by atoms with Gasteiger partial charge in [0.2, 0.25) is 0 Å². The Balaban J connectivity index is 1.80. The summed E-state index contributed by atoms with van der Waals surface area (Å²) in [5.74, 6) is -2.69. The number of hydrogen-bond donors (Lipinski definition) is 1. The Hall–Kier alpha value is -4.19. The molecule has 4 aromatic rings. The summed E-state index contributed by atoms with van der Waals surface area (Å²) in [6, 6.07) is 21.2. The predicted molar refractivity (Wildman–Crippen MR) is 124 cm³/mol. The maximum atomic E-state index is 13.0. The lowest BCUT2D eigenvalue weighted by Gasteiger charge is -2.14. The minimum atomic E-state index is -1.09. The normalized spacial score (nSPS) is 11.6. The first-order valence-electron chi connectivity index (χ1n) is 10.2. The minimum absolute atomic E-state index is 0.0354. The predicted octanol–water partition coefficient (Wildman–Crippen LogP) is 4.23. The minimum Gasteiger partial charge on any atom is -0.507 e. The van der Waals surface area contributed by atoms with Crippen LogP contribution in [0.4, 0.5) is 0 Å². The molecule has 0 saturated carbocycles. The quantitative estimate of drug-likeness (QED) is 0.215. The van der Waals surface area contributed by atoms with Gasteiger partial charge in [-0.15, -0.1) is 0 Å². The highest BCUT2D eigenvalue weighted by Gasteiger charge is 2.17. The van der Waals surface area contributed by atoms with Crippen molar-refractivity contribution in [3.8, 4) is 0 Å². The molecule has 0 atom stereocenters. The van der Waals surface area contributed by atoms with E-state index >= 15 is 0 Å². The van der Waals surface area contributed by atoms with Gasteiger partial charge in [-0.1, -0.05) is 48.5 Å². The number of ketones is 1. The number of aliphatic hydroxyl groups excluding tert-OH is 1. The first-order chi connectivity index (χ1) is 15.5. The zero-order chi connectivity index (χ0) is 22.7. The molecule has 1 N–H and O–H groups in total. The van der Waals surface area contributed by atoms with Crippen LogP contribution in [0, 0.1) is 0 Å². The number of carbonyl (C=O) groups is 2. The molecule has 0 aliphatic heterocycles. The molecule has 160 valence electrons. The van der Waals surface area contributed by atoms with Gasteiger partial charge in [0.25, 0.3) is 5.78 Å². The molecule has 3 aromatic carbocycles. The zero-order valence-corrected chi connectivity index (χ0v) is 17.4. The van der Waals surface area contributed by atoms with Crippen molar-refractivity contribution in [2.75, 3.05) is 6.61 Å². The summed E-state index contributed by atoms with van der Waals surface area (Å²) in [6.45, 7) is 2.05. The second-order valence-electron chi connectivity index (χ2n) is 7.31. The van der Waals surface area contributed by atoms with Crippen LogP contribution in [0.25, 0.3) is 27.4 Å². The number of hydrogen-bond acceptors (Lipinski definition) is 5. The molecule has 32 heavy (non-hydrogen) atoms. The van der Waals surface area contributed by atoms with Crippen LogP contribution in [0.2, 0.25) is 0 Å². The molecule has 0 aliphatic rings. The topological polar surface area (TPSA) is 85.6 Å². The summed E-state index contributed by atoms with van der Waals surface area (Å²) < 4.78 is 6.49. The van der Waals surface area contributed by atoms with E-state index in [2.05, 4.69) is 10.8 Å². The van der Waals surface area contributed by atoms with E-state index < -0.39 is 22.9 Å². The molecular formula is C26H21NO5. The van der Waals surface area contributed by atoms with Gasteiger partial charge in [-0.25, -0.2) is 4.79 Å². The Morgan fingerprint density at radius 3 is 2.50 bits per heavy atom. The number of fused-ring (bicyclic) bond motifs is 2. The van der Waals surface area contributed by atoms with E-state index in [0.717, 1.165) is 22.4 Å². The van der Waals surface area contributed by atoms with Gasteiger partial charge in [0.15, 0.2) is 5.43 Å². The third-order valence-electron chi connectivity index (χ3n) is 5.17. The van der Waals surface area contributed by atoms with Crippen molar-refractivity contribution in [3.05, 3.63) is 100 Å². The van der Waals surface area contributed by atoms with Crippen molar-refractivity contribution in [2.45, 2.75) is 13.5 Å². The molecule has 4 rings (SSSR count). The van der Waals surface area contributed by atoms with Crippen LogP contribution in [0.1, 0.15) is 18.1 Å². The molecule has 0 amide bonds. The van der Waals surface area contributed by atoms with E-state index in [9.17, 15) is 19.5 Å². The van der Waals surface area contributed by atoms with Crippen LogP contribution in [0.15, 0.2) is 83.8 Å². The molecule has 0 spiro atoms. The van der Waals surface area contributed by atoms with E-state index in [4.69, 9.17) is 0 Å². The smallest absolute Gasteiger partial charge is 0.379 e. The van der Waals surface area contributed by atoms with E-state index in [0.29, 0.717) is 17.4 Å². The maximum absolute atomic E-state index is 13.0. The highest BCUT2D eigenvalue weighted by Crippen LogP contribution is 2.20. The summed E-state index contributed by atoms with van der Waals surface area (Å²) in [4.78, 5) is 36.6. The first kappa shape index (κ1) is 21.1. The molecule has 0 aliphatic carbocycles. The van der Waals surface area contributed by atoms with Crippen molar-refractivity contribution in [1.29, 1.82) is 0 Å². The van der Waals surface area contributed by atoms with Gasteiger partial charge in [-0.2, -0.15) is 0 Å². The van der Waals surface area contributed by atoms with Crippen molar-refractivity contribution in [3.63, 3.8) is 0 Å². The van der Waals surface area contributed by atoms with E-state index in [1.54, 1.807) is 19.1 Å². The van der Waals surface area contributed by atoms with Gasteiger partial charge in [-0.3, -0.25) is 9.59 Å². The average molecular weight is 427 g/mol. The molecule has 1 heterocycles. The monoisotopic (exact) mass is 427 g/mol. The standard InChI is InChI=1S/C26H21NO5/c1-2-32-26(31)24(29)14-23(28)21-16-27(22-10-6-5-9-20(22)25(21)30)15-17-11-12-18-7-3-4-8-19(18)13-17/h3-14,16,28H,2,15H2,1H3. The molecule has 1 aromatic heterocycles. The molecule has 0 unspecified atom stereocenters. The fraction of sp³-hybridized carbons (Fsp3) is 0.115. The highest BCUT2D eigenvalue weighted by molar-refractivity contribution is 6.39. The summed E-state index contributed by atoms with van der Waals surface area (Å²) in [6.07, 6.45) is 2.23. The SMILES string of the molecule is CCOC(=O)C(=O)C=C(O)c1cn(Cc2ccc3ccccc3c2)c2ccccc2c1=O. The molecular weight excluding hydrogens is 406 g/mol. The Morgan fingerprint density at radius 2 is 1.72 bits per heavy atom. The number of benzene rings is 3. The number of esters is 1. The van der Waals surface area contributed by atoms with Crippen LogP contribution in [-0.2, 0) is 20.9 Å². The highest BCUT2D eigenvalue weighted by atomic mass is 16.5. The second kappa shape index (κ2) is 8.89. The Morgan fingerprint density at radius 1 is 1.00 bits per heavy atom. The first-order valence-corrected chi connectivity index (χ1v) is 10.2. The molecule has 6 nitrogen and oxygen atoms in total. The summed E-state index contributed by atoms with van der Waals surface area (Å²) in [7, 11) is 0. The van der Waals surface area contributed by atoms with Crippen molar-refractivity contribution in [2.24, 2.45) is 0 Å². The molecule has 0 saturated heterocycles. The summed E-state index contributed by atoms with van der Waals surface area (Å²) in [5.41, 5.74) is 1.20. The number of pyridine rings is 1. The number of aromatic nitrogens is 1. The van der Waals surface area contributed by atoms with Gasteiger partial charge in [0.1, 0.15) is 5.76 Å². The number of carbonyl (C=O) groups excluding carboxylic acids is 2. The Bertz CT molecular complexity index is 1430. The number of ether oxygens (including phenoxy) is 1. The van der Waals surface area contributed by atoms with Gasteiger partial charge in [0, 0.05) is 24.2 Å². The van der Waals surface area contributed by atoms with Gasteiger partial charge in [0.05, 0.1) is 17.7 Å². The second-order valence-corrected chi connectivity index (χ2v) is 7.31. The summed E-state index contributed by atoms with van der Waals surface area (Å²) >= 11 is 0. The Labute approximate surface area is 184 Å². The van der Waals surface area contributed by atoms with Crippen molar-refractivity contribution in [1.82, 2.24) is 4.57 Å². The number of rotatable bonds is 6. The van der Waals surface area contributed by atoms with Crippen LogP contribution in [-0.4, -0.2) is 28.0 Å². The largest absolute Gasteiger partial charge is 0.507 e. The maximum Gasteiger partial charge on any atom is 0.379 e. The summed E-state index contributed by atoms with van der Waals surface area (Å²) in [5, 5.41) is 13.1. The zero-order valence-electron chi connectivity index (χ0n) is 17.4. The van der Waals surface area contributed by atoms with Gasteiger partial charge in [-0.05, 0) is 41.5 Å². The van der Waals surface area contributed by atoms with E-state index in [-0.39, 0.29) is 12.2 Å². The van der Waals surface area contributed by atoms with Crippen LogP contribution < -0.4 is 5.43 Å². The fourth-order valence-electron chi connectivity index (χ4n) is 3.66. The number of aliphatic hydroxyl groups is 1. The van der Waals surface area contributed by atoms with Crippen LogP contribution in [0.3, 0.4) is 0 Å². The molecule has 0 radical (unpaired) electrons. The lowest BCUT2D eigenvalue weighted by molar-refractivity contribution is -0.151. The number of nitrogens with zero attached hydrogens (tertiary/aromatic N) is 1. The number of para-hydroxylation sites is 1. The van der Waals surface area contributed by atoms with Gasteiger partial charge < -0.3 is 14.4 Å². The molecule has 0 bridgehead atoms. The third kappa shape index (κ3) is 4.16. The Kier molecular flexibility index (Phi) is 5.85.